The van der Waals surface area contributed by atoms with Crippen LogP contribution in [0.3, 0.4) is 0 Å². The van der Waals surface area contributed by atoms with Crippen LogP contribution in [0.2, 0.25) is 0 Å². The number of hydrogen-bond acceptors (Lipinski definition) is 7. The highest BCUT2D eigenvalue weighted by molar-refractivity contribution is 9.10. The summed E-state index contributed by atoms with van der Waals surface area (Å²) < 4.78 is 11.7. The normalized spacial score (nSPS) is 11.5. The average molecular weight is 468 g/mol. The van der Waals surface area contributed by atoms with E-state index in [2.05, 4.69) is 37.0 Å². The van der Waals surface area contributed by atoms with E-state index in [1.807, 2.05) is 48.2 Å². The molecule has 30 heavy (non-hydrogen) atoms. The van der Waals surface area contributed by atoms with Crippen molar-refractivity contribution in [2.45, 2.75) is 19.8 Å². The Morgan fingerprint density at radius 3 is 2.43 bits per heavy atom. The summed E-state index contributed by atoms with van der Waals surface area (Å²) in [5.41, 5.74) is 1.60. The molecule has 0 aliphatic carbocycles. The monoisotopic (exact) mass is 467 g/mol. The van der Waals surface area contributed by atoms with Crippen molar-refractivity contribution in [1.82, 2.24) is 15.0 Å². The van der Waals surface area contributed by atoms with E-state index in [1.54, 1.807) is 27.2 Å². The molecular weight excluding hydrogens is 446 g/mol. The van der Waals surface area contributed by atoms with Gasteiger partial charge < -0.3 is 14.4 Å². The Balaban J connectivity index is 2.13. The van der Waals surface area contributed by atoms with E-state index in [9.17, 15) is 5.26 Å². The smallest absolute Gasteiger partial charge is 0.233 e. The van der Waals surface area contributed by atoms with Crippen LogP contribution in [0.15, 0.2) is 46.9 Å². The molecule has 0 bridgehead atoms. The van der Waals surface area contributed by atoms with E-state index in [0.717, 1.165) is 15.7 Å². The van der Waals surface area contributed by atoms with Crippen LogP contribution in [0, 0.1) is 18.3 Å². The summed E-state index contributed by atoms with van der Waals surface area (Å²) in [5, 5.41) is 9.81. The Hall–Kier alpha value is -3.18. The van der Waals surface area contributed by atoms with Gasteiger partial charge >= 0.3 is 0 Å². The number of anilines is 2. The van der Waals surface area contributed by atoms with Crippen LogP contribution in [0.4, 0.5) is 11.6 Å². The lowest BCUT2D eigenvalue weighted by molar-refractivity contribution is 0.394. The molecule has 0 aliphatic rings. The molecule has 2 aromatic carbocycles. The minimum Gasteiger partial charge on any atom is -0.497 e. The van der Waals surface area contributed by atoms with E-state index < -0.39 is 5.92 Å². The molecule has 0 saturated carbocycles. The molecule has 7 nitrogen and oxygen atoms in total. The number of nitriles is 1. The summed E-state index contributed by atoms with van der Waals surface area (Å²) in [4.78, 5) is 15.6. The fourth-order valence-electron chi connectivity index (χ4n) is 3.15. The van der Waals surface area contributed by atoms with Crippen LogP contribution in [-0.4, -0.2) is 35.7 Å². The molecule has 3 rings (SSSR count). The average Bonchev–Trinajstić information content (AvgIpc) is 2.76. The largest absolute Gasteiger partial charge is 0.497 e. The van der Waals surface area contributed by atoms with Gasteiger partial charge in [-0.25, -0.2) is 4.98 Å². The summed E-state index contributed by atoms with van der Waals surface area (Å²) in [6.45, 7) is 4.36. The quantitative estimate of drug-likeness (QED) is 0.494. The Morgan fingerprint density at radius 1 is 1.10 bits per heavy atom. The summed E-state index contributed by atoms with van der Waals surface area (Å²) >= 11 is 3.61. The molecule has 1 atom stereocenters. The number of aryl methyl sites for hydroxylation is 1. The first-order valence-corrected chi connectivity index (χ1v) is 10.2. The molecule has 0 N–H and O–H groups in total. The van der Waals surface area contributed by atoms with Crippen molar-refractivity contribution >= 4 is 27.6 Å². The van der Waals surface area contributed by atoms with E-state index in [1.165, 1.54) is 0 Å². The number of aromatic nitrogens is 3. The number of ether oxygens (including phenoxy) is 2. The second-order valence-electron chi connectivity index (χ2n) is 6.42. The predicted octanol–water partition coefficient (Wildman–Crippen LogP) is 4.77. The first-order chi connectivity index (χ1) is 14.5. The van der Waals surface area contributed by atoms with Gasteiger partial charge in [-0.3, -0.25) is 0 Å². The van der Waals surface area contributed by atoms with Crippen molar-refractivity contribution in [3.05, 3.63) is 64.1 Å². The van der Waals surface area contributed by atoms with Gasteiger partial charge in [0, 0.05) is 17.1 Å². The van der Waals surface area contributed by atoms with Gasteiger partial charge in [-0.15, -0.1) is 0 Å². The fourth-order valence-corrected chi connectivity index (χ4v) is 3.78. The zero-order valence-electron chi connectivity index (χ0n) is 17.3. The van der Waals surface area contributed by atoms with Crippen LogP contribution in [0.5, 0.6) is 11.5 Å². The lowest BCUT2D eigenvalue weighted by Gasteiger charge is -2.25. The maximum Gasteiger partial charge on any atom is 0.233 e. The van der Waals surface area contributed by atoms with E-state index in [4.69, 9.17) is 9.47 Å². The van der Waals surface area contributed by atoms with Gasteiger partial charge in [-0.2, -0.15) is 15.2 Å². The molecule has 1 aromatic heterocycles. The third-order valence-electron chi connectivity index (χ3n) is 4.56. The summed E-state index contributed by atoms with van der Waals surface area (Å²) in [6, 6.07) is 15.5. The van der Waals surface area contributed by atoms with Gasteiger partial charge in [0.1, 0.15) is 28.9 Å². The first kappa shape index (κ1) is 21.5. The van der Waals surface area contributed by atoms with E-state index in [-0.39, 0.29) is 0 Å². The van der Waals surface area contributed by atoms with E-state index in [0.29, 0.717) is 35.6 Å². The van der Waals surface area contributed by atoms with Gasteiger partial charge in [-0.05, 0) is 41.4 Å². The minimum atomic E-state index is -0.591. The predicted molar refractivity (Wildman–Crippen MR) is 118 cm³/mol. The molecule has 1 heterocycles. The van der Waals surface area contributed by atoms with E-state index >= 15 is 0 Å². The third-order valence-corrected chi connectivity index (χ3v) is 5.16. The maximum atomic E-state index is 9.81. The third kappa shape index (κ3) is 4.36. The number of methoxy groups -OCH3 is 2. The molecule has 0 fully saturated rings. The molecule has 0 saturated heterocycles. The van der Waals surface area contributed by atoms with Gasteiger partial charge in [-0.1, -0.05) is 30.3 Å². The minimum absolute atomic E-state index is 0.410. The number of hydrogen-bond donors (Lipinski definition) is 0. The highest BCUT2D eigenvalue weighted by Gasteiger charge is 2.24. The Bertz CT molecular complexity index is 1070. The van der Waals surface area contributed by atoms with Crippen LogP contribution in [0.1, 0.15) is 30.1 Å². The summed E-state index contributed by atoms with van der Waals surface area (Å²) in [7, 11) is 3.20. The molecule has 0 amide bonds. The molecule has 1 unspecified atom stereocenters. The molecular formula is C22H22BrN5O2. The number of halogens is 1. The number of nitrogens with zero attached hydrogens (tertiary/aromatic N) is 5. The maximum absolute atomic E-state index is 9.81. The van der Waals surface area contributed by atoms with Crippen molar-refractivity contribution in [1.29, 1.82) is 5.26 Å². The van der Waals surface area contributed by atoms with Crippen LogP contribution < -0.4 is 14.4 Å². The zero-order chi connectivity index (χ0) is 21.7. The summed E-state index contributed by atoms with van der Waals surface area (Å²) in [6.07, 6.45) is 0. The Kier molecular flexibility index (Phi) is 6.85. The standard InChI is InChI=1S/C22H22BrN5O2/c1-5-28(20-18(23)11-16(29-3)12-19(20)30-4)22-26-14(2)25-21(27-22)17(13-24)15-9-7-6-8-10-15/h6-12,17H,5H2,1-4H3. The second kappa shape index (κ2) is 9.55. The van der Waals surface area contributed by atoms with Gasteiger partial charge in [0.2, 0.25) is 5.95 Å². The topological polar surface area (TPSA) is 84.2 Å². The highest BCUT2D eigenvalue weighted by Crippen LogP contribution is 2.42. The van der Waals surface area contributed by atoms with Gasteiger partial charge in [0.05, 0.1) is 20.3 Å². The highest BCUT2D eigenvalue weighted by atomic mass is 79.9. The van der Waals surface area contributed by atoms with Crippen LogP contribution >= 0.6 is 15.9 Å². The lowest BCUT2D eigenvalue weighted by atomic mass is 10.00. The van der Waals surface area contributed by atoms with Crippen molar-refractivity contribution in [3.8, 4) is 17.6 Å². The fraction of sp³-hybridized carbons (Fsp3) is 0.273. The molecule has 154 valence electrons. The first-order valence-electron chi connectivity index (χ1n) is 9.38. The van der Waals surface area contributed by atoms with Gasteiger partial charge in [0.15, 0.2) is 5.82 Å². The Morgan fingerprint density at radius 2 is 1.83 bits per heavy atom. The number of rotatable bonds is 7. The van der Waals surface area contributed by atoms with Crippen molar-refractivity contribution in [2.75, 3.05) is 25.7 Å². The van der Waals surface area contributed by atoms with Gasteiger partial charge in [0.25, 0.3) is 0 Å². The van der Waals surface area contributed by atoms with Crippen molar-refractivity contribution in [2.24, 2.45) is 0 Å². The SMILES string of the molecule is CCN(c1nc(C)nc(C(C#N)c2ccccc2)n1)c1c(Br)cc(OC)cc1OC. The van der Waals surface area contributed by atoms with Crippen molar-refractivity contribution < 1.29 is 9.47 Å². The lowest BCUT2D eigenvalue weighted by Crippen LogP contribution is -2.22. The zero-order valence-corrected chi connectivity index (χ0v) is 18.8. The molecule has 0 spiro atoms. The van der Waals surface area contributed by atoms with Crippen LogP contribution in [0.25, 0.3) is 0 Å². The molecule has 8 heteroatoms. The molecule has 0 radical (unpaired) electrons. The molecule has 3 aromatic rings. The van der Waals surface area contributed by atoms with Crippen molar-refractivity contribution in [3.63, 3.8) is 0 Å². The molecule has 0 aliphatic heterocycles. The Labute approximate surface area is 184 Å². The number of benzene rings is 2. The van der Waals surface area contributed by atoms with Crippen LogP contribution in [-0.2, 0) is 0 Å². The second-order valence-corrected chi connectivity index (χ2v) is 7.27. The summed E-state index contributed by atoms with van der Waals surface area (Å²) in [5.74, 6) is 2.08.